The van der Waals surface area contributed by atoms with E-state index in [0.29, 0.717) is 5.56 Å². The Labute approximate surface area is 101 Å². The van der Waals surface area contributed by atoms with Crippen LogP contribution < -0.4 is 11.3 Å². The Hall–Kier alpha value is -1.85. The minimum absolute atomic E-state index is 0.141. The molecule has 86 valence electrons. The predicted molar refractivity (Wildman–Crippen MR) is 70.1 cm³/mol. The predicted octanol–water partition coefficient (Wildman–Crippen LogP) is 2.04. The number of hydrogen-bond donors (Lipinski definition) is 3. The van der Waals surface area contributed by atoms with Gasteiger partial charge in [0.15, 0.2) is 0 Å². The van der Waals surface area contributed by atoms with E-state index in [1.165, 1.54) is 4.70 Å². The van der Waals surface area contributed by atoms with Crippen molar-refractivity contribution in [3.8, 4) is 11.3 Å². The van der Waals surface area contributed by atoms with Crippen LogP contribution in [0.5, 0.6) is 0 Å². The van der Waals surface area contributed by atoms with Gasteiger partial charge in [-0.15, -0.1) is 11.3 Å². The van der Waals surface area contributed by atoms with Crippen molar-refractivity contribution >= 4 is 21.4 Å². The molecule has 4 N–H and O–H groups in total. The van der Waals surface area contributed by atoms with Gasteiger partial charge < -0.3 is 5.73 Å². The summed E-state index contributed by atoms with van der Waals surface area (Å²) in [6, 6.07) is 8.11. The molecule has 5 heteroatoms. The van der Waals surface area contributed by atoms with Crippen LogP contribution in [0.2, 0.25) is 0 Å². The lowest BCUT2D eigenvalue weighted by Crippen LogP contribution is -2.10. The molecule has 0 radical (unpaired) electrons. The largest absolute Gasteiger partial charge is 0.326 e. The van der Waals surface area contributed by atoms with Crippen molar-refractivity contribution in [3.05, 3.63) is 45.6 Å². The minimum Gasteiger partial charge on any atom is -0.326 e. The maximum Gasteiger partial charge on any atom is 0.269 e. The quantitative estimate of drug-likeness (QED) is 0.646. The zero-order valence-corrected chi connectivity index (χ0v) is 9.80. The molecule has 0 aliphatic carbocycles. The summed E-state index contributed by atoms with van der Waals surface area (Å²) in [7, 11) is 0. The highest BCUT2D eigenvalue weighted by atomic mass is 32.1. The number of rotatable bonds is 2. The van der Waals surface area contributed by atoms with Crippen molar-refractivity contribution < 1.29 is 0 Å². The fourth-order valence-corrected chi connectivity index (χ4v) is 2.93. The molecular formula is C12H11N3OS. The second kappa shape index (κ2) is 3.87. The summed E-state index contributed by atoms with van der Waals surface area (Å²) in [5.74, 6) is 0. The molecule has 2 aromatic heterocycles. The van der Waals surface area contributed by atoms with Gasteiger partial charge in [-0.3, -0.25) is 15.0 Å². The van der Waals surface area contributed by atoms with Gasteiger partial charge in [0, 0.05) is 27.6 Å². The van der Waals surface area contributed by atoms with Gasteiger partial charge in [0.1, 0.15) is 0 Å². The SMILES string of the molecule is NCc1c(-c2csc3ccccc23)[nH][nH]c1=O. The molecule has 4 nitrogen and oxygen atoms in total. The number of aromatic nitrogens is 2. The van der Waals surface area contributed by atoms with Crippen LogP contribution >= 0.6 is 11.3 Å². The first kappa shape index (κ1) is 10.3. The van der Waals surface area contributed by atoms with Crippen molar-refractivity contribution in [1.82, 2.24) is 10.2 Å². The van der Waals surface area contributed by atoms with Crippen molar-refractivity contribution in [2.75, 3.05) is 0 Å². The molecule has 1 aromatic carbocycles. The van der Waals surface area contributed by atoms with E-state index in [1.54, 1.807) is 11.3 Å². The van der Waals surface area contributed by atoms with Crippen LogP contribution in [0.1, 0.15) is 5.56 Å². The summed E-state index contributed by atoms with van der Waals surface area (Å²) in [4.78, 5) is 11.5. The lowest BCUT2D eigenvalue weighted by atomic mass is 10.1. The van der Waals surface area contributed by atoms with Crippen LogP contribution in [0, 0.1) is 0 Å². The number of benzene rings is 1. The summed E-state index contributed by atoms with van der Waals surface area (Å²) in [5.41, 5.74) is 7.91. The maximum atomic E-state index is 11.5. The van der Waals surface area contributed by atoms with E-state index < -0.39 is 0 Å². The normalized spacial score (nSPS) is 11.1. The molecule has 0 spiro atoms. The Bertz CT molecular complexity index is 723. The molecule has 0 saturated carbocycles. The summed E-state index contributed by atoms with van der Waals surface area (Å²) >= 11 is 1.66. The fraction of sp³-hybridized carbons (Fsp3) is 0.0833. The van der Waals surface area contributed by atoms with E-state index in [2.05, 4.69) is 16.3 Å². The van der Waals surface area contributed by atoms with Crippen LogP contribution in [0.4, 0.5) is 0 Å². The van der Waals surface area contributed by atoms with E-state index in [-0.39, 0.29) is 12.1 Å². The van der Waals surface area contributed by atoms with Gasteiger partial charge >= 0.3 is 0 Å². The molecular weight excluding hydrogens is 234 g/mol. The summed E-state index contributed by atoms with van der Waals surface area (Å²) in [5, 5.41) is 8.68. The third kappa shape index (κ3) is 1.51. The number of hydrogen-bond acceptors (Lipinski definition) is 3. The van der Waals surface area contributed by atoms with E-state index in [9.17, 15) is 4.79 Å². The number of aromatic amines is 2. The van der Waals surface area contributed by atoms with E-state index in [1.807, 2.05) is 23.6 Å². The standard InChI is InChI=1S/C12H11N3OS/c13-5-8-11(14-15-12(8)16)9-6-17-10-4-2-1-3-7(9)10/h1-4,6H,5,13H2,(H2,14,15,16). The van der Waals surface area contributed by atoms with Gasteiger partial charge in [-0.05, 0) is 6.07 Å². The monoisotopic (exact) mass is 245 g/mol. The highest BCUT2D eigenvalue weighted by molar-refractivity contribution is 7.17. The van der Waals surface area contributed by atoms with Crippen LogP contribution in [0.3, 0.4) is 0 Å². The van der Waals surface area contributed by atoms with Gasteiger partial charge in [0.05, 0.1) is 11.3 Å². The summed E-state index contributed by atoms with van der Waals surface area (Å²) in [6.45, 7) is 0.234. The van der Waals surface area contributed by atoms with E-state index >= 15 is 0 Å². The van der Waals surface area contributed by atoms with Gasteiger partial charge in [0.25, 0.3) is 5.56 Å². The maximum absolute atomic E-state index is 11.5. The van der Waals surface area contributed by atoms with Crippen LogP contribution in [-0.2, 0) is 6.54 Å². The molecule has 0 bridgehead atoms. The lowest BCUT2D eigenvalue weighted by molar-refractivity contribution is 1.04. The summed E-state index contributed by atoms with van der Waals surface area (Å²) in [6.07, 6.45) is 0. The number of nitrogens with two attached hydrogens (primary N) is 1. The summed E-state index contributed by atoms with van der Waals surface area (Å²) < 4.78 is 1.20. The third-order valence-corrected chi connectivity index (χ3v) is 3.79. The Kier molecular flexibility index (Phi) is 2.35. The topological polar surface area (TPSA) is 74.7 Å². The van der Waals surface area contributed by atoms with Gasteiger partial charge in [-0.1, -0.05) is 18.2 Å². The Morgan fingerprint density at radius 2 is 2.06 bits per heavy atom. The van der Waals surface area contributed by atoms with E-state index in [0.717, 1.165) is 16.6 Å². The number of thiophene rings is 1. The van der Waals surface area contributed by atoms with Crippen molar-refractivity contribution in [1.29, 1.82) is 0 Å². The number of fused-ring (bicyclic) bond motifs is 1. The van der Waals surface area contributed by atoms with Gasteiger partial charge in [-0.25, -0.2) is 0 Å². The molecule has 0 amide bonds. The Morgan fingerprint density at radius 3 is 2.88 bits per heavy atom. The Balaban J connectivity index is 2.31. The smallest absolute Gasteiger partial charge is 0.269 e. The molecule has 2 heterocycles. The average molecular weight is 245 g/mol. The fourth-order valence-electron chi connectivity index (χ4n) is 1.98. The zero-order valence-electron chi connectivity index (χ0n) is 8.99. The third-order valence-electron chi connectivity index (χ3n) is 2.83. The molecule has 0 saturated heterocycles. The first-order chi connectivity index (χ1) is 8.31. The second-order valence-corrected chi connectivity index (χ2v) is 4.69. The molecule has 17 heavy (non-hydrogen) atoms. The number of H-pyrrole nitrogens is 2. The van der Waals surface area contributed by atoms with Crippen LogP contribution in [-0.4, -0.2) is 10.2 Å². The highest BCUT2D eigenvalue weighted by Crippen LogP contribution is 2.33. The van der Waals surface area contributed by atoms with Crippen molar-refractivity contribution in [2.24, 2.45) is 5.73 Å². The van der Waals surface area contributed by atoms with Gasteiger partial charge in [-0.2, -0.15) is 0 Å². The minimum atomic E-state index is -0.141. The molecule has 0 aliphatic rings. The first-order valence-electron chi connectivity index (χ1n) is 5.27. The van der Waals surface area contributed by atoms with E-state index in [4.69, 9.17) is 5.73 Å². The average Bonchev–Trinajstić information content (AvgIpc) is 2.92. The van der Waals surface area contributed by atoms with Crippen LogP contribution in [0.15, 0.2) is 34.4 Å². The molecule has 0 fully saturated rings. The second-order valence-electron chi connectivity index (χ2n) is 3.78. The molecule has 3 aromatic rings. The van der Waals surface area contributed by atoms with Crippen molar-refractivity contribution in [2.45, 2.75) is 6.54 Å². The molecule has 0 unspecified atom stereocenters. The number of nitrogens with one attached hydrogen (secondary N) is 2. The molecule has 0 atom stereocenters. The van der Waals surface area contributed by atoms with Crippen LogP contribution in [0.25, 0.3) is 21.3 Å². The van der Waals surface area contributed by atoms with Crippen molar-refractivity contribution in [3.63, 3.8) is 0 Å². The first-order valence-corrected chi connectivity index (χ1v) is 6.15. The molecule has 0 aliphatic heterocycles. The highest BCUT2D eigenvalue weighted by Gasteiger charge is 2.13. The van der Waals surface area contributed by atoms with Gasteiger partial charge in [0.2, 0.25) is 0 Å². The zero-order chi connectivity index (χ0) is 11.8. The Morgan fingerprint density at radius 1 is 1.24 bits per heavy atom. The molecule has 3 rings (SSSR count). The lowest BCUT2D eigenvalue weighted by Gasteiger charge is -1.98.